The maximum Gasteiger partial charge on any atom is 0.0431 e. The fourth-order valence-corrected chi connectivity index (χ4v) is 2.80. The molecular formula is C13H28N2O. The molecule has 1 rings (SSSR count). The van der Waals surface area contributed by atoms with Gasteiger partial charge in [-0.25, -0.2) is 0 Å². The number of hydrogen-bond acceptors (Lipinski definition) is 3. The third kappa shape index (κ3) is 3.72. The lowest BCUT2D eigenvalue weighted by Gasteiger charge is -2.43. The molecule has 0 bridgehead atoms. The fourth-order valence-electron chi connectivity index (χ4n) is 2.80. The highest BCUT2D eigenvalue weighted by molar-refractivity contribution is 4.96. The zero-order valence-corrected chi connectivity index (χ0v) is 10.7. The van der Waals surface area contributed by atoms with Gasteiger partial charge in [0, 0.05) is 18.7 Å². The summed E-state index contributed by atoms with van der Waals surface area (Å²) in [6.07, 6.45) is 8.38. The van der Waals surface area contributed by atoms with E-state index in [0.717, 1.165) is 32.4 Å². The largest absolute Gasteiger partial charge is 0.396 e. The minimum absolute atomic E-state index is 0.192. The van der Waals surface area contributed by atoms with Crippen molar-refractivity contribution in [1.82, 2.24) is 5.32 Å². The number of unbranched alkanes of at least 4 members (excludes halogenated alkanes) is 2. The summed E-state index contributed by atoms with van der Waals surface area (Å²) in [7, 11) is 0. The summed E-state index contributed by atoms with van der Waals surface area (Å²) in [5.74, 6) is 0.698. The van der Waals surface area contributed by atoms with Gasteiger partial charge in [0.2, 0.25) is 0 Å². The van der Waals surface area contributed by atoms with E-state index in [1.165, 1.54) is 25.7 Å². The minimum atomic E-state index is 0.192. The third-order valence-corrected chi connectivity index (χ3v) is 4.13. The van der Waals surface area contributed by atoms with Crippen molar-refractivity contribution in [1.29, 1.82) is 0 Å². The number of nitrogens with two attached hydrogens (primary N) is 1. The van der Waals surface area contributed by atoms with Crippen molar-refractivity contribution < 1.29 is 5.11 Å². The SMILES string of the molecule is CC1CCCCC1(CN)NCCCCCO. The smallest absolute Gasteiger partial charge is 0.0431 e. The highest BCUT2D eigenvalue weighted by atomic mass is 16.2. The van der Waals surface area contributed by atoms with Gasteiger partial charge in [-0.2, -0.15) is 0 Å². The average Bonchev–Trinajstić information content (AvgIpc) is 2.31. The topological polar surface area (TPSA) is 58.3 Å². The highest BCUT2D eigenvalue weighted by Crippen LogP contribution is 2.32. The first-order valence-electron chi connectivity index (χ1n) is 6.81. The zero-order valence-electron chi connectivity index (χ0n) is 10.7. The predicted octanol–water partition coefficient (Wildman–Crippen LogP) is 1.65. The van der Waals surface area contributed by atoms with Crippen LogP contribution in [-0.2, 0) is 0 Å². The number of hydrogen-bond donors (Lipinski definition) is 3. The lowest BCUT2D eigenvalue weighted by molar-refractivity contribution is 0.160. The standard InChI is InChI=1S/C13H28N2O/c1-12-7-3-4-8-13(12,11-14)15-9-5-2-6-10-16/h12,15-16H,2-11,14H2,1H3. The van der Waals surface area contributed by atoms with Crippen LogP contribution >= 0.6 is 0 Å². The summed E-state index contributed by atoms with van der Waals surface area (Å²) in [5.41, 5.74) is 6.16. The molecule has 0 spiro atoms. The van der Waals surface area contributed by atoms with Crippen LogP contribution in [0, 0.1) is 5.92 Å². The summed E-state index contributed by atoms with van der Waals surface area (Å²) in [6.45, 7) is 4.45. The van der Waals surface area contributed by atoms with E-state index >= 15 is 0 Å². The molecule has 0 aromatic carbocycles. The molecule has 0 heterocycles. The van der Waals surface area contributed by atoms with E-state index in [4.69, 9.17) is 10.8 Å². The Morgan fingerprint density at radius 1 is 1.31 bits per heavy atom. The first-order valence-corrected chi connectivity index (χ1v) is 6.81. The van der Waals surface area contributed by atoms with Crippen LogP contribution in [0.3, 0.4) is 0 Å². The van der Waals surface area contributed by atoms with Gasteiger partial charge in [-0.15, -0.1) is 0 Å². The second-order valence-electron chi connectivity index (χ2n) is 5.22. The monoisotopic (exact) mass is 228 g/mol. The van der Waals surface area contributed by atoms with E-state index in [-0.39, 0.29) is 5.54 Å². The van der Waals surface area contributed by atoms with Crippen molar-refractivity contribution in [2.75, 3.05) is 19.7 Å². The van der Waals surface area contributed by atoms with Crippen molar-refractivity contribution in [2.24, 2.45) is 11.7 Å². The molecule has 1 fully saturated rings. The van der Waals surface area contributed by atoms with Crippen molar-refractivity contribution in [3.63, 3.8) is 0 Å². The molecule has 0 saturated heterocycles. The van der Waals surface area contributed by atoms with Crippen LogP contribution in [0.25, 0.3) is 0 Å². The van der Waals surface area contributed by atoms with Crippen LogP contribution in [-0.4, -0.2) is 30.3 Å². The van der Waals surface area contributed by atoms with Crippen LogP contribution < -0.4 is 11.1 Å². The Hall–Kier alpha value is -0.120. The molecule has 2 atom stereocenters. The molecule has 2 unspecified atom stereocenters. The van der Waals surface area contributed by atoms with Gasteiger partial charge < -0.3 is 16.2 Å². The zero-order chi connectivity index (χ0) is 11.9. The third-order valence-electron chi connectivity index (χ3n) is 4.13. The number of aliphatic hydroxyl groups is 1. The number of nitrogens with one attached hydrogen (secondary N) is 1. The van der Waals surface area contributed by atoms with Crippen molar-refractivity contribution in [3.05, 3.63) is 0 Å². The van der Waals surface area contributed by atoms with Gasteiger partial charge in [-0.1, -0.05) is 19.8 Å². The molecule has 1 aliphatic rings. The summed E-state index contributed by atoms with van der Waals surface area (Å²) in [4.78, 5) is 0. The summed E-state index contributed by atoms with van der Waals surface area (Å²) in [5, 5.41) is 12.4. The van der Waals surface area contributed by atoms with Gasteiger partial charge in [0.15, 0.2) is 0 Å². The number of rotatable bonds is 7. The fraction of sp³-hybridized carbons (Fsp3) is 1.00. The van der Waals surface area contributed by atoms with E-state index < -0.39 is 0 Å². The summed E-state index contributed by atoms with van der Waals surface area (Å²) >= 11 is 0. The van der Waals surface area contributed by atoms with Gasteiger partial charge in [-0.05, 0) is 44.6 Å². The Balaban J connectivity index is 2.29. The van der Waals surface area contributed by atoms with Crippen LogP contribution in [0.15, 0.2) is 0 Å². The Morgan fingerprint density at radius 2 is 2.12 bits per heavy atom. The molecule has 0 amide bonds. The second kappa shape index (κ2) is 7.25. The van der Waals surface area contributed by atoms with E-state index in [1.807, 2.05) is 0 Å². The normalized spacial score (nSPS) is 30.6. The van der Waals surface area contributed by atoms with Crippen LogP contribution in [0.4, 0.5) is 0 Å². The lowest BCUT2D eigenvalue weighted by atomic mass is 9.73. The quantitative estimate of drug-likeness (QED) is 0.581. The van der Waals surface area contributed by atoms with E-state index in [2.05, 4.69) is 12.2 Å². The maximum atomic E-state index is 8.71. The van der Waals surface area contributed by atoms with Crippen molar-refractivity contribution in [3.8, 4) is 0 Å². The van der Waals surface area contributed by atoms with Crippen LogP contribution in [0.1, 0.15) is 51.9 Å². The Kier molecular flexibility index (Phi) is 6.32. The molecule has 3 nitrogen and oxygen atoms in total. The van der Waals surface area contributed by atoms with Gasteiger partial charge in [0.05, 0.1) is 0 Å². The van der Waals surface area contributed by atoms with Crippen LogP contribution in [0.2, 0.25) is 0 Å². The predicted molar refractivity (Wildman–Crippen MR) is 68.4 cm³/mol. The lowest BCUT2D eigenvalue weighted by Crippen LogP contribution is -2.57. The Labute approximate surface area is 99.8 Å². The highest BCUT2D eigenvalue weighted by Gasteiger charge is 2.35. The van der Waals surface area contributed by atoms with Gasteiger partial charge in [0.1, 0.15) is 0 Å². The molecule has 4 N–H and O–H groups in total. The first kappa shape index (κ1) is 13.9. The second-order valence-corrected chi connectivity index (χ2v) is 5.22. The molecular weight excluding hydrogens is 200 g/mol. The van der Waals surface area contributed by atoms with Crippen LogP contribution in [0.5, 0.6) is 0 Å². The number of aliphatic hydroxyl groups excluding tert-OH is 1. The van der Waals surface area contributed by atoms with Gasteiger partial charge in [-0.3, -0.25) is 0 Å². The molecule has 0 aromatic heterocycles. The van der Waals surface area contributed by atoms with Crippen molar-refractivity contribution in [2.45, 2.75) is 57.4 Å². The Bertz CT molecular complexity index is 187. The molecule has 3 heteroatoms. The van der Waals surface area contributed by atoms with Crippen molar-refractivity contribution >= 4 is 0 Å². The first-order chi connectivity index (χ1) is 7.75. The molecule has 96 valence electrons. The summed E-state index contributed by atoms with van der Waals surface area (Å²) in [6, 6.07) is 0. The van der Waals surface area contributed by atoms with Gasteiger partial charge >= 0.3 is 0 Å². The molecule has 1 saturated carbocycles. The van der Waals surface area contributed by atoms with Gasteiger partial charge in [0.25, 0.3) is 0 Å². The minimum Gasteiger partial charge on any atom is -0.396 e. The Morgan fingerprint density at radius 3 is 2.75 bits per heavy atom. The molecule has 16 heavy (non-hydrogen) atoms. The van der Waals surface area contributed by atoms with E-state index in [0.29, 0.717) is 12.5 Å². The molecule has 0 aromatic rings. The molecule has 0 radical (unpaired) electrons. The molecule has 1 aliphatic carbocycles. The maximum absolute atomic E-state index is 8.71. The molecule has 0 aliphatic heterocycles. The van der Waals surface area contributed by atoms with E-state index in [1.54, 1.807) is 0 Å². The summed E-state index contributed by atoms with van der Waals surface area (Å²) < 4.78 is 0. The average molecular weight is 228 g/mol. The van der Waals surface area contributed by atoms with E-state index in [9.17, 15) is 0 Å².